The Kier molecular flexibility index (Phi) is 6.60. The third-order valence-electron chi connectivity index (χ3n) is 5.53. The van der Waals surface area contributed by atoms with Crippen LogP contribution in [0.2, 0.25) is 0 Å². The van der Waals surface area contributed by atoms with Crippen molar-refractivity contribution in [3.63, 3.8) is 0 Å². The van der Waals surface area contributed by atoms with Gasteiger partial charge in [0.05, 0.1) is 27.0 Å². The number of carbonyl (C=O) groups is 1. The van der Waals surface area contributed by atoms with Gasteiger partial charge in [0.25, 0.3) is 15.6 Å². The average molecular weight is 510 g/mol. The number of aromatic nitrogens is 2. The van der Waals surface area contributed by atoms with Crippen LogP contribution in [0.3, 0.4) is 0 Å². The van der Waals surface area contributed by atoms with Crippen LogP contribution in [0.15, 0.2) is 76.4 Å². The number of hydrogen-bond acceptors (Lipinski definition) is 5. The predicted octanol–water partition coefficient (Wildman–Crippen LogP) is 4.74. The molecule has 0 spiro atoms. The van der Waals surface area contributed by atoms with Crippen LogP contribution in [-0.2, 0) is 16.6 Å². The van der Waals surface area contributed by atoms with E-state index in [-0.39, 0.29) is 26.3 Å². The van der Waals surface area contributed by atoms with Gasteiger partial charge >= 0.3 is 5.97 Å². The lowest BCUT2D eigenvalue weighted by Gasteiger charge is -2.17. The van der Waals surface area contributed by atoms with E-state index in [0.29, 0.717) is 17.7 Å². The smallest absolute Gasteiger partial charge is 0.335 e. The highest BCUT2D eigenvalue weighted by Gasteiger charge is 2.17. The topological polar surface area (TPSA) is 110 Å². The third-order valence-corrected chi connectivity index (χ3v) is 7.33. The van der Waals surface area contributed by atoms with Crippen molar-refractivity contribution in [2.75, 3.05) is 4.72 Å². The van der Waals surface area contributed by atoms with Crippen LogP contribution in [0.25, 0.3) is 16.6 Å². The summed E-state index contributed by atoms with van der Waals surface area (Å²) >= 11 is 5.63. The molecular formula is C25H23N3O5S2. The highest BCUT2D eigenvalue weighted by Crippen LogP contribution is 2.22. The van der Waals surface area contributed by atoms with Crippen molar-refractivity contribution >= 4 is 44.8 Å². The van der Waals surface area contributed by atoms with Gasteiger partial charge in [-0.2, -0.15) is 0 Å². The molecule has 0 bridgehead atoms. The van der Waals surface area contributed by atoms with Crippen LogP contribution in [0.5, 0.6) is 0 Å². The largest absolute Gasteiger partial charge is 0.478 e. The third kappa shape index (κ3) is 4.75. The Morgan fingerprint density at radius 2 is 1.77 bits per heavy atom. The summed E-state index contributed by atoms with van der Waals surface area (Å²) in [7, 11) is -3.87. The number of carboxylic acids is 1. The molecule has 0 atom stereocenters. The van der Waals surface area contributed by atoms with E-state index in [1.54, 1.807) is 41.0 Å². The molecule has 4 aromatic rings. The van der Waals surface area contributed by atoms with Gasteiger partial charge in [-0.1, -0.05) is 30.7 Å². The van der Waals surface area contributed by atoms with E-state index in [1.807, 2.05) is 13.8 Å². The number of aryl methyl sites for hydroxylation is 2. The summed E-state index contributed by atoms with van der Waals surface area (Å²) in [6.07, 6.45) is 0.735. The fourth-order valence-corrected chi connectivity index (χ4v) is 5.24. The lowest BCUT2D eigenvalue weighted by molar-refractivity contribution is 0.0697. The maximum absolute atomic E-state index is 13.6. The number of nitrogens with one attached hydrogen (secondary N) is 1. The van der Waals surface area contributed by atoms with Crippen molar-refractivity contribution in [2.45, 2.75) is 31.7 Å². The van der Waals surface area contributed by atoms with Gasteiger partial charge < -0.3 is 9.67 Å². The van der Waals surface area contributed by atoms with E-state index in [2.05, 4.69) is 4.72 Å². The average Bonchev–Trinajstić information content (AvgIpc) is 2.82. The molecule has 35 heavy (non-hydrogen) atoms. The van der Waals surface area contributed by atoms with Crippen LogP contribution in [0.1, 0.15) is 29.3 Å². The SMILES string of the molecule is CCCn1c(=S)n(-c2cccc(C(=O)O)c2)c(=O)c2cc(NS(=O)(=O)c3ccc(C)cc3)ccc21. The van der Waals surface area contributed by atoms with Gasteiger partial charge in [-0.15, -0.1) is 0 Å². The first kappa shape index (κ1) is 24.4. The minimum atomic E-state index is -3.87. The van der Waals surface area contributed by atoms with Gasteiger partial charge in [-0.05, 0) is 74.1 Å². The first-order chi connectivity index (χ1) is 16.6. The zero-order valence-corrected chi connectivity index (χ0v) is 20.7. The van der Waals surface area contributed by atoms with Crippen LogP contribution >= 0.6 is 12.2 Å². The van der Waals surface area contributed by atoms with Gasteiger partial charge in [-0.3, -0.25) is 14.1 Å². The summed E-state index contributed by atoms with van der Waals surface area (Å²) < 4.78 is 31.6. The highest BCUT2D eigenvalue weighted by molar-refractivity contribution is 7.92. The minimum absolute atomic E-state index is 0.0190. The molecule has 3 aromatic carbocycles. The molecule has 0 amide bonds. The molecule has 0 radical (unpaired) electrons. The van der Waals surface area contributed by atoms with Crippen LogP contribution < -0.4 is 10.3 Å². The van der Waals surface area contributed by atoms with Crippen molar-refractivity contribution < 1.29 is 18.3 Å². The number of fused-ring (bicyclic) bond motifs is 1. The Labute approximate surface area is 207 Å². The second kappa shape index (κ2) is 9.47. The van der Waals surface area contributed by atoms with Gasteiger partial charge in [0.2, 0.25) is 0 Å². The summed E-state index contributed by atoms with van der Waals surface area (Å²) in [6, 6.07) is 17.1. The van der Waals surface area contributed by atoms with Crippen molar-refractivity contribution in [3.8, 4) is 5.69 Å². The maximum Gasteiger partial charge on any atom is 0.335 e. The molecule has 0 saturated carbocycles. The molecule has 8 nitrogen and oxygen atoms in total. The molecule has 0 aliphatic rings. The van der Waals surface area contributed by atoms with Crippen molar-refractivity contribution in [2.24, 2.45) is 0 Å². The molecular weight excluding hydrogens is 486 g/mol. The lowest BCUT2D eigenvalue weighted by Crippen LogP contribution is -2.25. The number of hydrogen-bond donors (Lipinski definition) is 2. The monoisotopic (exact) mass is 509 g/mol. The van der Waals surface area contributed by atoms with Crippen molar-refractivity contribution in [3.05, 3.63) is 93.0 Å². The highest BCUT2D eigenvalue weighted by atomic mass is 32.2. The summed E-state index contributed by atoms with van der Waals surface area (Å²) in [6.45, 7) is 4.35. The Morgan fingerprint density at radius 3 is 2.43 bits per heavy atom. The quantitative estimate of drug-likeness (QED) is 0.348. The summed E-state index contributed by atoms with van der Waals surface area (Å²) in [4.78, 5) is 25.1. The fraction of sp³-hybridized carbons (Fsp3) is 0.160. The molecule has 2 N–H and O–H groups in total. The van der Waals surface area contributed by atoms with E-state index in [1.165, 1.54) is 34.9 Å². The molecule has 0 unspecified atom stereocenters. The number of carboxylic acid groups (broad SMARTS) is 1. The lowest BCUT2D eigenvalue weighted by atomic mass is 10.2. The summed E-state index contributed by atoms with van der Waals surface area (Å²) in [5.41, 5.74) is 1.58. The van der Waals surface area contributed by atoms with Gasteiger partial charge in [0.15, 0.2) is 4.77 Å². The fourth-order valence-electron chi connectivity index (χ4n) is 3.81. The first-order valence-corrected chi connectivity index (χ1v) is 12.7. The normalized spacial score (nSPS) is 11.5. The van der Waals surface area contributed by atoms with E-state index < -0.39 is 21.6 Å². The number of nitrogens with zero attached hydrogens (tertiary/aromatic N) is 2. The predicted molar refractivity (Wildman–Crippen MR) is 138 cm³/mol. The van der Waals surface area contributed by atoms with Gasteiger partial charge in [0, 0.05) is 12.2 Å². The summed E-state index contributed by atoms with van der Waals surface area (Å²) in [5, 5.41) is 9.62. The molecule has 1 aromatic heterocycles. The number of sulfonamides is 1. The Hall–Kier alpha value is -3.76. The number of benzene rings is 3. The zero-order valence-electron chi connectivity index (χ0n) is 19.1. The number of aromatic carboxylic acids is 1. The van der Waals surface area contributed by atoms with E-state index in [4.69, 9.17) is 12.2 Å². The molecule has 0 fully saturated rings. The maximum atomic E-state index is 13.6. The van der Waals surface area contributed by atoms with Crippen LogP contribution in [-0.4, -0.2) is 28.6 Å². The van der Waals surface area contributed by atoms with Crippen molar-refractivity contribution in [1.29, 1.82) is 0 Å². The van der Waals surface area contributed by atoms with E-state index in [0.717, 1.165) is 12.0 Å². The van der Waals surface area contributed by atoms with Gasteiger partial charge in [0.1, 0.15) is 0 Å². The van der Waals surface area contributed by atoms with E-state index >= 15 is 0 Å². The Balaban J connectivity index is 1.91. The standard InChI is InChI=1S/C25H23N3O5S2/c1-3-13-27-22-12-9-18(26-35(32,33)20-10-7-16(2)8-11-20)15-21(22)23(29)28(25(27)34)19-6-4-5-17(14-19)24(30)31/h4-12,14-15,26H,3,13H2,1-2H3,(H,30,31). The second-order valence-electron chi connectivity index (χ2n) is 8.08. The van der Waals surface area contributed by atoms with Crippen molar-refractivity contribution in [1.82, 2.24) is 9.13 Å². The number of rotatable bonds is 7. The minimum Gasteiger partial charge on any atom is -0.478 e. The molecule has 0 aliphatic heterocycles. The molecule has 1 heterocycles. The molecule has 0 saturated heterocycles. The van der Waals surface area contributed by atoms with Crippen LogP contribution in [0.4, 0.5) is 5.69 Å². The van der Waals surface area contributed by atoms with Crippen LogP contribution in [0, 0.1) is 11.7 Å². The Bertz CT molecular complexity index is 1670. The molecule has 4 rings (SSSR count). The first-order valence-electron chi connectivity index (χ1n) is 10.8. The molecule has 180 valence electrons. The molecule has 10 heteroatoms. The van der Waals surface area contributed by atoms with E-state index in [9.17, 15) is 23.1 Å². The summed E-state index contributed by atoms with van der Waals surface area (Å²) in [5.74, 6) is -1.12. The number of anilines is 1. The molecule has 0 aliphatic carbocycles. The zero-order chi connectivity index (χ0) is 25.3. The second-order valence-corrected chi connectivity index (χ2v) is 10.1. The van der Waals surface area contributed by atoms with Gasteiger partial charge in [-0.25, -0.2) is 13.2 Å². The Morgan fingerprint density at radius 1 is 1.06 bits per heavy atom.